The van der Waals surface area contributed by atoms with E-state index >= 15 is 0 Å². The molecule has 178 valence electrons. The molecule has 1 amide bonds. The highest BCUT2D eigenvalue weighted by molar-refractivity contribution is 7.92. The van der Waals surface area contributed by atoms with E-state index in [1.54, 1.807) is 48.7 Å². The van der Waals surface area contributed by atoms with Gasteiger partial charge in [0, 0.05) is 22.7 Å². The number of aromatic nitrogens is 2. The molecule has 0 aliphatic carbocycles. The molecule has 2 heterocycles. The lowest BCUT2D eigenvalue weighted by molar-refractivity contribution is -0.112. The molecule has 0 saturated carbocycles. The maximum absolute atomic E-state index is 12.9. The Morgan fingerprint density at radius 3 is 2.14 bits per heavy atom. The molecule has 8 heteroatoms. The summed E-state index contributed by atoms with van der Waals surface area (Å²) in [4.78, 5) is 19.6. The molecule has 0 spiro atoms. The molecule has 36 heavy (non-hydrogen) atoms. The molecule has 0 aliphatic rings. The SMILES string of the molecule is NC(=O)/C(=C/c1c[nH]c2nc(NS(=O)(=O)c3ccc(-c4ccccc4)cc3)ccc12)c1ccccc1. The van der Waals surface area contributed by atoms with Gasteiger partial charge >= 0.3 is 0 Å². The molecule has 5 rings (SSSR count). The molecular weight excluding hydrogens is 472 g/mol. The molecule has 3 aromatic carbocycles. The van der Waals surface area contributed by atoms with Gasteiger partial charge in [0.2, 0.25) is 5.91 Å². The molecule has 0 atom stereocenters. The Balaban J connectivity index is 1.40. The largest absolute Gasteiger partial charge is 0.366 e. The maximum Gasteiger partial charge on any atom is 0.263 e. The van der Waals surface area contributed by atoms with Crippen LogP contribution in [-0.2, 0) is 14.8 Å². The smallest absolute Gasteiger partial charge is 0.263 e. The Morgan fingerprint density at radius 2 is 1.47 bits per heavy atom. The van der Waals surface area contributed by atoms with Crippen molar-refractivity contribution in [1.29, 1.82) is 0 Å². The van der Waals surface area contributed by atoms with Gasteiger partial charge in [-0.2, -0.15) is 0 Å². The van der Waals surface area contributed by atoms with Gasteiger partial charge in [0.05, 0.1) is 4.90 Å². The monoisotopic (exact) mass is 494 g/mol. The molecule has 0 saturated heterocycles. The predicted molar refractivity (Wildman–Crippen MR) is 142 cm³/mol. The number of fused-ring (bicyclic) bond motifs is 1. The molecule has 4 N–H and O–H groups in total. The first-order valence-corrected chi connectivity index (χ1v) is 12.6. The Bertz CT molecular complexity index is 1680. The van der Waals surface area contributed by atoms with Crippen molar-refractivity contribution in [3.8, 4) is 11.1 Å². The zero-order chi connectivity index (χ0) is 25.1. The number of amides is 1. The Labute approximate surface area is 208 Å². The van der Waals surface area contributed by atoms with Crippen LogP contribution in [-0.4, -0.2) is 24.3 Å². The van der Waals surface area contributed by atoms with Gasteiger partial charge in [0.1, 0.15) is 11.5 Å². The number of rotatable bonds is 7. The number of H-pyrrole nitrogens is 1. The Morgan fingerprint density at radius 1 is 0.833 bits per heavy atom. The number of nitrogens with zero attached hydrogens (tertiary/aromatic N) is 1. The highest BCUT2D eigenvalue weighted by Gasteiger charge is 2.16. The van der Waals surface area contributed by atoms with Gasteiger partial charge in [-0.3, -0.25) is 9.52 Å². The molecule has 0 radical (unpaired) electrons. The van der Waals surface area contributed by atoms with E-state index < -0.39 is 15.9 Å². The number of hydrogen-bond donors (Lipinski definition) is 3. The van der Waals surface area contributed by atoms with Crippen LogP contribution in [0.3, 0.4) is 0 Å². The van der Waals surface area contributed by atoms with Crippen molar-refractivity contribution in [2.24, 2.45) is 5.73 Å². The van der Waals surface area contributed by atoms with E-state index in [0.29, 0.717) is 22.3 Å². The number of primary amides is 1. The van der Waals surface area contributed by atoms with Crippen molar-refractivity contribution in [3.63, 3.8) is 0 Å². The number of hydrogen-bond acceptors (Lipinski definition) is 4. The molecule has 0 fully saturated rings. The van der Waals surface area contributed by atoms with Crippen LogP contribution in [0.1, 0.15) is 11.1 Å². The first-order valence-electron chi connectivity index (χ1n) is 11.1. The summed E-state index contributed by atoms with van der Waals surface area (Å²) < 4.78 is 28.4. The van der Waals surface area contributed by atoms with E-state index in [1.165, 1.54) is 0 Å². The number of benzene rings is 3. The van der Waals surface area contributed by atoms with E-state index in [4.69, 9.17) is 5.73 Å². The molecule has 7 nitrogen and oxygen atoms in total. The lowest BCUT2D eigenvalue weighted by Gasteiger charge is -2.09. The number of nitrogens with two attached hydrogens (primary N) is 1. The Hall–Kier alpha value is -4.69. The molecular formula is C28H22N4O3S. The van der Waals surface area contributed by atoms with Crippen molar-refractivity contribution in [1.82, 2.24) is 9.97 Å². The number of carbonyl (C=O) groups excluding carboxylic acids is 1. The van der Waals surface area contributed by atoms with E-state index in [-0.39, 0.29) is 10.7 Å². The van der Waals surface area contributed by atoms with Crippen LogP contribution in [0.5, 0.6) is 0 Å². The van der Waals surface area contributed by atoms with Gasteiger partial charge in [0.25, 0.3) is 10.0 Å². The fourth-order valence-corrected chi connectivity index (χ4v) is 4.93. The second-order valence-electron chi connectivity index (χ2n) is 8.12. The number of sulfonamides is 1. The average Bonchev–Trinajstić information content (AvgIpc) is 3.30. The molecule has 0 aliphatic heterocycles. The number of aromatic amines is 1. The first-order chi connectivity index (χ1) is 17.4. The molecule has 0 unspecified atom stereocenters. The third-order valence-electron chi connectivity index (χ3n) is 5.73. The summed E-state index contributed by atoms with van der Waals surface area (Å²) in [5.41, 5.74) is 9.78. The van der Waals surface area contributed by atoms with Crippen LogP contribution in [0.25, 0.3) is 33.8 Å². The second kappa shape index (κ2) is 9.52. The summed E-state index contributed by atoms with van der Waals surface area (Å²) in [6.45, 7) is 0. The van der Waals surface area contributed by atoms with E-state index in [1.807, 2.05) is 60.7 Å². The van der Waals surface area contributed by atoms with Crippen LogP contribution in [0.4, 0.5) is 5.82 Å². The maximum atomic E-state index is 12.9. The minimum absolute atomic E-state index is 0.133. The van der Waals surface area contributed by atoms with Gasteiger partial charge in [0.15, 0.2) is 0 Å². The standard InChI is InChI=1S/C28H22N4O3S/c29-27(33)25(21-9-5-2-6-10-21)17-22-18-30-28-24(22)15-16-26(31-28)32-36(34,35)23-13-11-20(12-14-23)19-7-3-1-4-8-19/h1-18H,(H2,29,33)(H2,30,31,32)/b25-17+. The van der Waals surface area contributed by atoms with E-state index in [2.05, 4.69) is 14.7 Å². The summed E-state index contributed by atoms with van der Waals surface area (Å²) >= 11 is 0. The summed E-state index contributed by atoms with van der Waals surface area (Å²) in [6, 6.07) is 28.9. The normalized spacial score (nSPS) is 11.9. The van der Waals surface area contributed by atoms with Gasteiger partial charge in [-0.25, -0.2) is 13.4 Å². The topological polar surface area (TPSA) is 118 Å². The Kier molecular flexibility index (Phi) is 6.10. The number of carbonyl (C=O) groups is 1. The minimum atomic E-state index is -3.84. The van der Waals surface area contributed by atoms with E-state index in [9.17, 15) is 13.2 Å². The fraction of sp³-hybridized carbons (Fsp3) is 0. The zero-order valence-electron chi connectivity index (χ0n) is 19.0. The molecule has 5 aromatic rings. The second-order valence-corrected chi connectivity index (χ2v) is 9.80. The highest BCUT2D eigenvalue weighted by atomic mass is 32.2. The van der Waals surface area contributed by atoms with Crippen molar-refractivity contribution in [3.05, 3.63) is 114 Å². The highest BCUT2D eigenvalue weighted by Crippen LogP contribution is 2.26. The lowest BCUT2D eigenvalue weighted by Crippen LogP contribution is -2.13. The fourth-order valence-electron chi connectivity index (χ4n) is 3.93. The summed E-state index contributed by atoms with van der Waals surface area (Å²) in [6.07, 6.45) is 3.39. The first kappa shape index (κ1) is 23.1. The zero-order valence-corrected chi connectivity index (χ0v) is 19.9. The molecule has 0 bridgehead atoms. The third-order valence-corrected chi connectivity index (χ3v) is 7.10. The van der Waals surface area contributed by atoms with Gasteiger partial charge in [-0.1, -0.05) is 72.8 Å². The van der Waals surface area contributed by atoms with Crippen LogP contribution in [0.15, 0.2) is 108 Å². The van der Waals surface area contributed by atoms with Crippen molar-refractivity contribution in [2.75, 3.05) is 4.72 Å². The number of pyridine rings is 1. The van der Waals surface area contributed by atoms with Crippen LogP contribution in [0.2, 0.25) is 0 Å². The average molecular weight is 495 g/mol. The lowest BCUT2D eigenvalue weighted by atomic mass is 10.0. The van der Waals surface area contributed by atoms with Gasteiger partial charge < -0.3 is 10.7 Å². The van der Waals surface area contributed by atoms with Crippen molar-refractivity contribution in [2.45, 2.75) is 4.90 Å². The summed E-state index contributed by atoms with van der Waals surface area (Å²) in [5.74, 6) is -0.378. The van der Waals surface area contributed by atoms with Crippen LogP contribution >= 0.6 is 0 Å². The van der Waals surface area contributed by atoms with E-state index in [0.717, 1.165) is 16.5 Å². The van der Waals surface area contributed by atoms with Crippen LogP contribution < -0.4 is 10.5 Å². The summed E-state index contributed by atoms with van der Waals surface area (Å²) in [5, 5.41) is 0.722. The number of nitrogens with one attached hydrogen (secondary N) is 2. The van der Waals surface area contributed by atoms with Gasteiger partial charge in [-0.05, 0) is 47.0 Å². The predicted octanol–water partition coefficient (Wildman–Crippen LogP) is 5.06. The minimum Gasteiger partial charge on any atom is -0.366 e. The number of anilines is 1. The molecule has 2 aromatic heterocycles. The van der Waals surface area contributed by atoms with Crippen molar-refractivity contribution < 1.29 is 13.2 Å². The third kappa shape index (κ3) is 4.75. The quantitative estimate of drug-likeness (QED) is 0.274. The summed E-state index contributed by atoms with van der Waals surface area (Å²) in [7, 11) is -3.84. The van der Waals surface area contributed by atoms with Crippen LogP contribution in [0, 0.1) is 0 Å². The van der Waals surface area contributed by atoms with Gasteiger partial charge in [-0.15, -0.1) is 0 Å². The van der Waals surface area contributed by atoms with Crippen molar-refractivity contribution >= 4 is 44.4 Å².